The second-order valence-electron chi connectivity index (χ2n) is 7.26. The molecular formula is C15H26N4O4PSi+. The third-order valence-corrected chi connectivity index (χ3v) is 8.82. The summed E-state index contributed by atoms with van der Waals surface area (Å²) < 4.78 is 18.2. The van der Waals surface area contributed by atoms with Gasteiger partial charge in [-0.2, -0.15) is 4.68 Å². The summed E-state index contributed by atoms with van der Waals surface area (Å²) in [4.78, 5) is 27.6. The number of rotatable bonds is 6. The maximum Gasteiger partial charge on any atom is 0.356 e. The Morgan fingerprint density at radius 3 is 2.48 bits per heavy atom. The molecule has 1 unspecified atom stereocenters. The number of hydrogen-bond acceptors (Lipinski definition) is 6. The van der Waals surface area contributed by atoms with Gasteiger partial charge >= 0.3 is 13.8 Å². The Balaban J connectivity index is 3.09. The molecule has 0 fully saturated rings. The summed E-state index contributed by atoms with van der Waals surface area (Å²) in [6, 6.07) is -0.543. The van der Waals surface area contributed by atoms with Crippen LogP contribution in [0.25, 0.3) is 5.76 Å². The molecule has 0 aliphatic carbocycles. The SMILES string of the molecule is CC(=O)C=C(O[Si](C)(C)C(C)(C)C)c1ncn(C(=O)NC[P+](C)=O)n1. The van der Waals surface area contributed by atoms with E-state index in [1.807, 2.05) is 13.1 Å². The minimum absolute atomic E-state index is 0.0555. The van der Waals surface area contributed by atoms with Gasteiger partial charge in [-0.25, -0.2) is 9.78 Å². The van der Waals surface area contributed by atoms with E-state index in [9.17, 15) is 14.2 Å². The van der Waals surface area contributed by atoms with Crippen LogP contribution in [0.15, 0.2) is 12.4 Å². The van der Waals surface area contributed by atoms with Gasteiger partial charge in [-0.05, 0) is 25.1 Å². The number of allylic oxidation sites excluding steroid dienone is 1. The highest BCUT2D eigenvalue weighted by molar-refractivity contribution is 7.43. The Kier molecular flexibility index (Phi) is 6.79. The number of hydrogen-bond donors (Lipinski definition) is 1. The van der Waals surface area contributed by atoms with E-state index >= 15 is 0 Å². The highest BCUT2D eigenvalue weighted by Crippen LogP contribution is 2.39. The third-order valence-electron chi connectivity index (χ3n) is 3.88. The molecule has 8 nitrogen and oxygen atoms in total. The first-order valence-electron chi connectivity index (χ1n) is 7.83. The molecule has 0 saturated heterocycles. The number of aromatic nitrogens is 3. The standard InChI is InChI=1S/C15H25N4O4PSi/c1-11(20)8-12(23-25(6,7)15(2,3)4)13-16-9-19(18-13)14(21)17-10-24(5)22/h8-9H,10H2,1-7H3/p+1. The summed E-state index contributed by atoms with van der Waals surface area (Å²) in [5, 5.41) is 6.49. The molecular weight excluding hydrogens is 359 g/mol. The van der Waals surface area contributed by atoms with E-state index in [1.54, 1.807) is 0 Å². The fourth-order valence-electron chi connectivity index (χ4n) is 1.49. The van der Waals surface area contributed by atoms with E-state index < -0.39 is 22.1 Å². The Morgan fingerprint density at radius 1 is 1.40 bits per heavy atom. The number of ketones is 1. The quantitative estimate of drug-likeness (QED) is 0.349. The Bertz CT molecular complexity index is 707. The Morgan fingerprint density at radius 2 is 2.00 bits per heavy atom. The van der Waals surface area contributed by atoms with Crippen molar-refractivity contribution in [2.24, 2.45) is 0 Å². The van der Waals surface area contributed by atoms with Crippen LogP contribution in [0.2, 0.25) is 18.1 Å². The lowest BCUT2D eigenvalue weighted by molar-refractivity contribution is -0.112. The van der Waals surface area contributed by atoms with E-state index in [2.05, 4.69) is 36.2 Å². The minimum atomic E-state index is -2.21. The topological polar surface area (TPSA) is 103 Å². The molecule has 0 saturated carbocycles. The van der Waals surface area contributed by atoms with Crippen LogP contribution in [0.4, 0.5) is 4.79 Å². The van der Waals surface area contributed by atoms with Crippen molar-refractivity contribution in [1.82, 2.24) is 20.1 Å². The van der Waals surface area contributed by atoms with Gasteiger partial charge in [0.15, 0.2) is 11.5 Å². The van der Waals surface area contributed by atoms with Crippen LogP contribution in [-0.2, 0) is 13.8 Å². The Hall–Kier alpha value is -1.86. The van der Waals surface area contributed by atoms with Crippen LogP contribution in [-0.4, -0.2) is 47.8 Å². The first-order valence-corrected chi connectivity index (χ1v) is 12.6. The maximum absolute atomic E-state index is 12.0. The molecule has 1 N–H and O–H groups in total. The highest BCUT2D eigenvalue weighted by atomic mass is 31.1. The predicted molar refractivity (Wildman–Crippen MR) is 99.3 cm³/mol. The number of amides is 1. The molecule has 0 aliphatic heterocycles. The van der Waals surface area contributed by atoms with Gasteiger partial charge in [-0.15, -0.1) is 5.10 Å². The van der Waals surface area contributed by atoms with Crippen molar-refractivity contribution in [1.29, 1.82) is 0 Å². The summed E-state index contributed by atoms with van der Waals surface area (Å²) in [7, 11) is -3.71. The second kappa shape index (κ2) is 8.01. The van der Waals surface area contributed by atoms with E-state index in [1.165, 1.54) is 26.0 Å². The van der Waals surface area contributed by atoms with E-state index in [0.29, 0.717) is 0 Å². The number of nitrogens with zero attached hydrogens (tertiary/aromatic N) is 3. The molecule has 0 bridgehead atoms. The second-order valence-corrected chi connectivity index (χ2v) is 13.6. The van der Waals surface area contributed by atoms with Gasteiger partial charge in [-0.1, -0.05) is 25.3 Å². The van der Waals surface area contributed by atoms with Crippen LogP contribution in [0, 0.1) is 0 Å². The van der Waals surface area contributed by atoms with Gasteiger partial charge in [0.05, 0.1) is 0 Å². The van der Waals surface area contributed by atoms with Gasteiger partial charge in [-0.3, -0.25) is 10.1 Å². The van der Waals surface area contributed by atoms with Gasteiger partial charge in [0.2, 0.25) is 12.1 Å². The van der Waals surface area contributed by atoms with Crippen molar-refractivity contribution in [3.05, 3.63) is 18.2 Å². The largest absolute Gasteiger partial charge is 0.541 e. The zero-order chi connectivity index (χ0) is 19.4. The summed E-state index contributed by atoms with van der Waals surface area (Å²) in [5.41, 5.74) is 0. The summed E-state index contributed by atoms with van der Waals surface area (Å²) in [6.07, 6.45) is 2.62. The monoisotopic (exact) mass is 385 g/mol. The molecule has 0 radical (unpaired) electrons. The van der Waals surface area contributed by atoms with Gasteiger partial charge in [0, 0.05) is 6.08 Å². The third kappa shape index (κ3) is 6.17. The van der Waals surface area contributed by atoms with Crippen LogP contribution >= 0.6 is 7.80 Å². The molecule has 1 aromatic rings. The molecule has 10 heteroatoms. The molecule has 25 heavy (non-hydrogen) atoms. The van der Waals surface area contributed by atoms with E-state index in [4.69, 9.17) is 4.43 Å². The van der Waals surface area contributed by atoms with Crippen molar-refractivity contribution >= 4 is 33.7 Å². The lowest BCUT2D eigenvalue weighted by Gasteiger charge is -2.36. The molecule has 1 rings (SSSR count). The Labute approximate surface area is 150 Å². The van der Waals surface area contributed by atoms with Crippen LogP contribution < -0.4 is 5.32 Å². The zero-order valence-corrected chi connectivity index (χ0v) is 17.7. The van der Waals surface area contributed by atoms with Crippen molar-refractivity contribution < 1.29 is 18.6 Å². The van der Waals surface area contributed by atoms with Crippen molar-refractivity contribution in [2.45, 2.75) is 45.8 Å². The number of carbonyl (C=O) groups is 2. The van der Waals surface area contributed by atoms with Gasteiger partial charge < -0.3 is 4.43 Å². The molecule has 138 valence electrons. The van der Waals surface area contributed by atoms with Crippen molar-refractivity contribution in [3.8, 4) is 0 Å². The van der Waals surface area contributed by atoms with Gasteiger partial charge in [0.1, 0.15) is 13.0 Å². The lowest BCUT2D eigenvalue weighted by atomic mass is 10.2. The molecule has 0 aliphatic rings. The molecule has 1 amide bonds. The average Bonchev–Trinajstić information content (AvgIpc) is 2.91. The molecule has 0 aromatic carbocycles. The van der Waals surface area contributed by atoms with Crippen molar-refractivity contribution in [2.75, 3.05) is 13.0 Å². The van der Waals surface area contributed by atoms with Crippen LogP contribution in [0.3, 0.4) is 0 Å². The van der Waals surface area contributed by atoms with E-state index in [0.717, 1.165) is 4.68 Å². The predicted octanol–water partition coefficient (Wildman–Crippen LogP) is 3.20. The normalized spacial score (nSPS) is 13.4. The summed E-state index contributed by atoms with van der Waals surface area (Å²) in [5.74, 6) is 0.223. The molecule has 1 atom stereocenters. The zero-order valence-electron chi connectivity index (χ0n) is 15.8. The fourth-order valence-corrected chi connectivity index (χ4v) is 2.85. The maximum atomic E-state index is 12.0. The van der Waals surface area contributed by atoms with Crippen LogP contribution in [0.1, 0.15) is 33.5 Å². The first kappa shape index (κ1) is 21.2. The van der Waals surface area contributed by atoms with Gasteiger partial charge in [0.25, 0.3) is 8.32 Å². The first-order chi connectivity index (χ1) is 11.3. The summed E-state index contributed by atoms with van der Waals surface area (Å²) in [6.45, 7) is 13.3. The number of carbonyl (C=O) groups excluding carboxylic acids is 2. The minimum Gasteiger partial charge on any atom is -0.541 e. The molecule has 0 spiro atoms. The molecule has 1 heterocycles. The smallest absolute Gasteiger partial charge is 0.356 e. The van der Waals surface area contributed by atoms with Crippen molar-refractivity contribution in [3.63, 3.8) is 0 Å². The fraction of sp³-hybridized carbons (Fsp3) is 0.600. The lowest BCUT2D eigenvalue weighted by Crippen LogP contribution is -2.40. The van der Waals surface area contributed by atoms with Crippen LogP contribution in [0.5, 0.6) is 0 Å². The average molecular weight is 385 g/mol. The molecule has 1 aromatic heterocycles. The highest BCUT2D eigenvalue weighted by Gasteiger charge is 2.40. The number of nitrogens with one attached hydrogen (secondary N) is 1. The van der Waals surface area contributed by atoms with E-state index in [-0.39, 0.29) is 28.7 Å². The summed E-state index contributed by atoms with van der Waals surface area (Å²) >= 11 is 0.